The van der Waals surface area contributed by atoms with Gasteiger partial charge in [0.05, 0.1) is 106 Å². The normalized spacial score (nSPS) is 18.7. The number of aromatic nitrogens is 2. The van der Waals surface area contributed by atoms with Gasteiger partial charge < -0.3 is 70.1 Å². The van der Waals surface area contributed by atoms with Crippen molar-refractivity contribution >= 4 is 93.0 Å². The second-order valence-electron chi connectivity index (χ2n) is 26.7. The first-order valence-electron chi connectivity index (χ1n) is 35.4. The van der Waals surface area contributed by atoms with E-state index in [2.05, 4.69) is 20.6 Å². The molecule has 2 aromatic heterocycles. The van der Waals surface area contributed by atoms with Crippen molar-refractivity contribution in [3.63, 3.8) is 0 Å². The summed E-state index contributed by atoms with van der Waals surface area (Å²) in [5, 5.41) is 70.7. The number of fused-ring (bicyclic) bond motifs is 2. The molecule has 0 spiro atoms. The summed E-state index contributed by atoms with van der Waals surface area (Å²) in [4.78, 5) is 176. The summed E-state index contributed by atoms with van der Waals surface area (Å²) < 4.78 is 100. The zero-order valence-corrected chi connectivity index (χ0v) is 60.6. The quantitative estimate of drug-likeness (QED) is 0.0337. The Kier molecular flexibility index (Phi) is 32.4. The van der Waals surface area contributed by atoms with Gasteiger partial charge in [0.2, 0.25) is 29.5 Å². The summed E-state index contributed by atoms with van der Waals surface area (Å²) in [6.07, 6.45) is -3.97. The molecule has 7 N–H and O–H groups in total. The van der Waals surface area contributed by atoms with Crippen LogP contribution in [0.1, 0.15) is 59.2 Å². The highest BCUT2D eigenvalue weighted by molar-refractivity contribution is 6.08. The van der Waals surface area contributed by atoms with E-state index in [9.17, 15) is 114 Å². The Labute approximate surface area is 635 Å². The zero-order valence-electron chi connectivity index (χ0n) is 60.6. The Balaban J connectivity index is 0.00000237. The van der Waals surface area contributed by atoms with Crippen LogP contribution in [0.15, 0.2) is 60.9 Å². The van der Waals surface area contributed by atoms with Gasteiger partial charge in [-0.05, 0) is 61.4 Å². The highest BCUT2D eigenvalue weighted by Crippen LogP contribution is 2.33. The molecule has 0 saturated carbocycles. The molecule has 0 radical (unpaired) electrons. The molecule has 4 fully saturated rings. The number of carbonyl (C=O) groups excluding carboxylic acids is 7. The summed E-state index contributed by atoms with van der Waals surface area (Å²) in [6, 6.07) is 12.8. The third kappa shape index (κ3) is 27.7. The minimum atomic E-state index is -5.08. The van der Waals surface area contributed by atoms with Crippen molar-refractivity contribution in [2.24, 2.45) is 0 Å². The largest absolute Gasteiger partial charge is 0.494 e. The van der Waals surface area contributed by atoms with Gasteiger partial charge in [-0.3, -0.25) is 87.2 Å². The van der Waals surface area contributed by atoms with Gasteiger partial charge in [0.25, 0.3) is 23.7 Å². The predicted octanol–water partition coefficient (Wildman–Crippen LogP) is 0.775. The Morgan fingerprint density at radius 3 is 1.07 bits per heavy atom. The molecule has 0 bridgehead atoms. The molecule has 6 heterocycles. The Hall–Kier alpha value is -11.2. The molecule has 0 aliphatic carbocycles. The number of alkyl halides is 7. The van der Waals surface area contributed by atoms with Crippen LogP contribution in [0.25, 0.3) is 21.8 Å². The number of carbonyl (C=O) groups is 12. The summed E-state index contributed by atoms with van der Waals surface area (Å²) in [5.74, 6) is -17.8. The van der Waals surface area contributed by atoms with Crippen LogP contribution in [-0.4, -0.2) is 363 Å². The van der Waals surface area contributed by atoms with Gasteiger partial charge in [-0.2, -0.15) is 23.7 Å². The minimum absolute atomic E-state index is 0.00334. The molecule has 4 aliphatic rings. The van der Waals surface area contributed by atoms with Crippen LogP contribution in [0, 0.1) is 22.7 Å². The molecular weight excluding hydrogens is 1500 g/mol. The first-order valence-corrected chi connectivity index (χ1v) is 35.4. The van der Waals surface area contributed by atoms with E-state index < -0.39 is 154 Å². The molecule has 8 rings (SSSR count). The monoisotopic (exact) mass is 1590 g/mol. The average molecular weight is 1590 g/mol. The van der Waals surface area contributed by atoms with Crippen molar-refractivity contribution in [2.75, 3.05) is 177 Å². The summed E-state index contributed by atoms with van der Waals surface area (Å²) in [5.41, 5.74) is 0.869. The lowest BCUT2D eigenvalue weighted by Gasteiger charge is -2.36. The molecule has 4 aliphatic heterocycles. The van der Waals surface area contributed by atoms with Gasteiger partial charge in [-0.1, -0.05) is 0 Å². The van der Waals surface area contributed by atoms with Crippen LogP contribution in [0.4, 0.5) is 30.7 Å². The molecular formula is C70H85F7N16O19. The number of carboxylic acids is 5. The number of aliphatic carboxylic acids is 5. The van der Waals surface area contributed by atoms with E-state index in [0.717, 1.165) is 9.80 Å². The maximum Gasteiger partial charge on any atom is 0.490 e. The number of nitrogens with zero attached hydrogens (tertiary/aromatic N) is 14. The van der Waals surface area contributed by atoms with E-state index in [0.29, 0.717) is 21.8 Å². The number of pyridine rings is 2. The Bertz CT molecular complexity index is 4120. The molecule has 4 aromatic rings. The number of amides is 7. The number of carboxylic acid groups (broad SMARTS) is 5. The van der Waals surface area contributed by atoms with Crippen molar-refractivity contribution in [3.8, 4) is 23.6 Å². The molecule has 7 amide bonds. The number of ether oxygens (including phenoxy) is 2. The lowest BCUT2D eigenvalue weighted by molar-refractivity contribution is -0.192. The molecule has 0 unspecified atom stereocenters. The molecule has 35 nitrogen and oxygen atoms in total. The van der Waals surface area contributed by atoms with Crippen molar-refractivity contribution < 1.29 is 123 Å². The standard InChI is InChI=1S/C68H84F4N16O17.C2HF3O2/c69-67(70)33-46(35-73)87(44-67)58(91)37-77-65(102)50-9-11-75-54-7-5-48(31-52(50)54)104-29-1-3-56(89)84-23-21-83(43-64(100)101)22-24-86(60(93)39-79-13-15-80(40-61(94)95)17-19-82(42-63(98)99)20-18-81(16-14-79)41-62(96)97)28-27-85(26-25-84)57(90)4-2-30-105-49-6-8-55-53(32-49)51(10-12-76-55)66(103)78-38-59(92)88-45-68(71,72)34-47(88)36-74;3-2(4,5)1(6)7/h5-12,31-32,46-47H,1-4,13-30,33-34,37-45H2,(H,77,102)(H,78,103)(H,94,95)(H,96,97)(H,98,99)(H,100,101);(H,6,7)/t46-,47-;/m0./s1. The van der Waals surface area contributed by atoms with E-state index >= 15 is 0 Å². The molecule has 42 heteroatoms. The van der Waals surface area contributed by atoms with E-state index in [-0.39, 0.29) is 185 Å². The molecule has 112 heavy (non-hydrogen) atoms. The van der Waals surface area contributed by atoms with Crippen LogP contribution in [0.2, 0.25) is 0 Å². The number of rotatable bonds is 26. The first kappa shape index (κ1) is 88.0. The van der Waals surface area contributed by atoms with Crippen molar-refractivity contribution in [1.29, 1.82) is 10.5 Å². The van der Waals surface area contributed by atoms with Gasteiger partial charge in [0.15, 0.2) is 0 Å². The highest BCUT2D eigenvalue weighted by atomic mass is 19.4. The van der Waals surface area contributed by atoms with E-state index in [4.69, 9.17) is 19.4 Å². The SMILES string of the molecule is N#C[C@@H]1CC(F)(F)CN1C(=O)CNC(=O)c1ccnc2ccc(OCCCC(=O)N3CCN(CC(=O)O)CCN(C(=O)CN4CCN(CC(=O)O)CCN(CC(=O)O)CCN(CC(=O)O)CC4)CCN(C(=O)CCCOc4ccc5nccc(C(=O)NCC(=O)N6CC(F)(F)C[C@H]6C#N)c5c4)CC3)cc12.O=C(O)C(F)(F)F. The number of hydrogen-bond donors (Lipinski definition) is 7. The molecule has 608 valence electrons. The van der Waals surface area contributed by atoms with Crippen molar-refractivity contribution in [3.05, 3.63) is 72.1 Å². The molecule has 2 atom stereocenters. The molecule has 4 saturated heterocycles. The fraction of sp³-hybridized carbons (Fsp3) is 0.543. The van der Waals surface area contributed by atoms with E-state index in [1.54, 1.807) is 60.9 Å². The average Bonchev–Trinajstić information content (AvgIpc) is 1.30. The van der Waals surface area contributed by atoms with Crippen LogP contribution >= 0.6 is 0 Å². The van der Waals surface area contributed by atoms with Crippen LogP contribution in [0.5, 0.6) is 11.5 Å². The number of halogens is 7. The zero-order chi connectivity index (χ0) is 82.0. The maximum atomic E-state index is 14.8. The number of likely N-dealkylation sites (tertiary alicyclic amines) is 2. The third-order valence-corrected chi connectivity index (χ3v) is 18.5. The van der Waals surface area contributed by atoms with Gasteiger partial charge in [0.1, 0.15) is 23.6 Å². The van der Waals surface area contributed by atoms with E-state index in [1.165, 1.54) is 51.4 Å². The fourth-order valence-electron chi connectivity index (χ4n) is 12.7. The van der Waals surface area contributed by atoms with Crippen LogP contribution < -0.4 is 20.1 Å². The Morgan fingerprint density at radius 1 is 0.455 bits per heavy atom. The predicted molar refractivity (Wildman–Crippen MR) is 375 cm³/mol. The second kappa shape index (κ2) is 41.2. The Morgan fingerprint density at radius 2 is 0.759 bits per heavy atom. The fourth-order valence-corrected chi connectivity index (χ4v) is 12.7. The van der Waals surface area contributed by atoms with Gasteiger partial charge in [0, 0.05) is 154 Å². The lowest BCUT2D eigenvalue weighted by atomic mass is 10.1. The summed E-state index contributed by atoms with van der Waals surface area (Å²) in [6.45, 7) is -4.69. The number of hydrogen-bond acceptors (Lipinski definition) is 23. The first-order chi connectivity index (χ1) is 53.0. The van der Waals surface area contributed by atoms with Gasteiger partial charge in [-0.25, -0.2) is 22.4 Å². The maximum absolute atomic E-state index is 14.8. The number of benzene rings is 2. The van der Waals surface area contributed by atoms with Gasteiger partial charge in [-0.15, -0.1) is 0 Å². The summed E-state index contributed by atoms with van der Waals surface area (Å²) >= 11 is 0. The van der Waals surface area contributed by atoms with Crippen molar-refractivity contribution in [1.82, 2.24) is 69.6 Å². The highest BCUT2D eigenvalue weighted by Gasteiger charge is 2.48. The number of nitriles is 2. The topological polar surface area (TPSA) is 454 Å². The van der Waals surface area contributed by atoms with Gasteiger partial charge >= 0.3 is 36.0 Å². The minimum Gasteiger partial charge on any atom is -0.494 e. The van der Waals surface area contributed by atoms with Crippen LogP contribution in [0.3, 0.4) is 0 Å². The molecule has 2 aromatic carbocycles. The van der Waals surface area contributed by atoms with Crippen molar-refractivity contribution in [2.45, 2.75) is 68.6 Å². The van der Waals surface area contributed by atoms with Crippen LogP contribution in [-0.2, 0) is 47.9 Å². The summed E-state index contributed by atoms with van der Waals surface area (Å²) in [7, 11) is 0. The third-order valence-electron chi connectivity index (χ3n) is 18.5. The number of nitrogens with one attached hydrogen (secondary N) is 2. The smallest absolute Gasteiger partial charge is 0.490 e. The van der Waals surface area contributed by atoms with E-state index in [1.807, 2.05) is 0 Å². The lowest BCUT2D eigenvalue weighted by Crippen LogP contribution is -2.52. The second-order valence-corrected chi connectivity index (χ2v) is 26.7.